The normalized spacial score (nSPS) is 35.1. The van der Waals surface area contributed by atoms with Gasteiger partial charge in [-0.3, -0.25) is 4.79 Å². The second-order valence-corrected chi connectivity index (χ2v) is 5.91. The Labute approximate surface area is 110 Å². The SMILES string of the molecule is CC1CC(NC2CCCCCC2)(C(N)=O)CCO1. The zero-order valence-electron chi connectivity index (χ0n) is 11.4. The zero-order valence-corrected chi connectivity index (χ0v) is 11.4. The molecule has 1 aliphatic carbocycles. The molecule has 0 bridgehead atoms. The van der Waals surface area contributed by atoms with Crippen molar-refractivity contribution in [3.63, 3.8) is 0 Å². The lowest BCUT2D eigenvalue weighted by molar-refractivity contribution is -0.131. The lowest BCUT2D eigenvalue weighted by Gasteiger charge is -2.40. The Balaban J connectivity index is 2.02. The maximum absolute atomic E-state index is 11.9. The molecule has 2 rings (SSSR count). The average molecular weight is 254 g/mol. The molecule has 2 aliphatic rings. The predicted molar refractivity (Wildman–Crippen MR) is 71.2 cm³/mol. The fraction of sp³-hybridized carbons (Fsp3) is 0.929. The highest BCUT2D eigenvalue weighted by molar-refractivity contribution is 5.84. The van der Waals surface area contributed by atoms with Crippen LogP contribution in [0.15, 0.2) is 0 Å². The van der Waals surface area contributed by atoms with Gasteiger partial charge in [0.05, 0.1) is 6.10 Å². The molecule has 4 nitrogen and oxygen atoms in total. The summed E-state index contributed by atoms with van der Waals surface area (Å²) in [5, 5.41) is 3.59. The van der Waals surface area contributed by atoms with Crippen molar-refractivity contribution in [3.05, 3.63) is 0 Å². The Morgan fingerprint density at radius 2 is 1.94 bits per heavy atom. The van der Waals surface area contributed by atoms with E-state index in [4.69, 9.17) is 10.5 Å². The number of carbonyl (C=O) groups is 1. The van der Waals surface area contributed by atoms with Gasteiger partial charge in [0, 0.05) is 19.1 Å². The van der Waals surface area contributed by atoms with Crippen LogP contribution in [0.3, 0.4) is 0 Å². The van der Waals surface area contributed by atoms with E-state index in [1.165, 1.54) is 38.5 Å². The summed E-state index contributed by atoms with van der Waals surface area (Å²) < 4.78 is 5.55. The predicted octanol–water partition coefficient (Wildman–Crippen LogP) is 1.72. The van der Waals surface area contributed by atoms with E-state index in [-0.39, 0.29) is 12.0 Å². The van der Waals surface area contributed by atoms with E-state index >= 15 is 0 Å². The van der Waals surface area contributed by atoms with Crippen LogP contribution >= 0.6 is 0 Å². The first-order valence-electron chi connectivity index (χ1n) is 7.32. The molecule has 2 unspecified atom stereocenters. The molecule has 0 radical (unpaired) electrons. The molecule has 2 fully saturated rings. The highest BCUT2D eigenvalue weighted by Crippen LogP contribution is 2.28. The molecule has 18 heavy (non-hydrogen) atoms. The van der Waals surface area contributed by atoms with Crippen molar-refractivity contribution in [3.8, 4) is 0 Å². The van der Waals surface area contributed by atoms with Crippen LogP contribution in [-0.2, 0) is 9.53 Å². The number of primary amides is 1. The fourth-order valence-electron chi connectivity index (χ4n) is 3.33. The van der Waals surface area contributed by atoms with Crippen molar-refractivity contribution in [1.82, 2.24) is 5.32 Å². The Hall–Kier alpha value is -0.610. The highest BCUT2D eigenvalue weighted by atomic mass is 16.5. The van der Waals surface area contributed by atoms with Crippen molar-refractivity contribution < 1.29 is 9.53 Å². The zero-order chi connectivity index (χ0) is 13.0. The van der Waals surface area contributed by atoms with Crippen molar-refractivity contribution in [2.75, 3.05) is 6.61 Å². The van der Waals surface area contributed by atoms with Gasteiger partial charge in [-0.1, -0.05) is 25.7 Å². The summed E-state index contributed by atoms with van der Waals surface area (Å²) in [4.78, 5) is 11.9. The Morgan fingerprint density at radius 3 is 2.50 bits per heavy atom. The lowest BCUT2D eigenvalue weighted by Crippen LogP contribution is -2.62. The van der Waals surface area contributed by atoms with Gasteiger partial charge in [0.2, 0.25) is 5.91 Å². The third-order valence-corrected chi connectivity index (χ3v) is 4.37. The third-order valence-electron chi connectivity index (χ3n) is 4.37. The average Bonchev–Trinajstić information content (AvgIpc) is 2.57. The molecular formula is C14H26N2O2. The first-order chi connectivity index (χ1) is 8.62. The van der Waals surface area contributed by atoms with Crippen LogP contribution in [-0.4, -0.2) is 30.2 Å². The largest absolute Gasteiger partial charge is 0.378 e. The number of nitrogens with one attached hydrogen (secondary N) is 1. The summed E-state index contributed by atoms with van der Waals surface area (Å²) in [7, 11) is 0. The molecule has 3 N–H and O–H groups in total. The summed E-state index contributed by atoms with van der Waals surface area (Å²) >= 11 is 0. The molecule has 0 spiro atoms. The monoisotopic (exact) mass is 254 g/mol. The first kappa shape index (κ1) is 13.8. The molecule has 4 heteroatoms. The maximum Gasteiger partial charge on any atom is 0.237 e. The molecule has 0 aromatic rings. The number of ether oxygens (including phenoxy) is 1. The Bertz CT molecular complexity index is 288. The third kappa shape index (κ3) is 3.23. The molecule has 1 saturated carbocycles. The maximum atomic E-state index is 11.9. The van der Waals surface area contributed by atoms with E-state index in [2.05, 4.69) is 5.32 Å². The number of rotatable bonds is 3. The van der Waals surface area contributed by atoms with Gasteiger partial charge in [0.15, 0.2) is 0 Å². The van der Waals surface area contributed by atoms with Gasteiger partial charge < -0.3 is 15.8 Å². The van der Waals surface area contributed by atoms with Gasteiger partial charge in [-0.25, -0.2) is 0 Å². The van der Waals surface area contributed by atoms with Crippen LogP contribution in [0.25, 0.3) is 0 Å². The Morgan fingerprint density at radius 1 is 1.28 bits per heavy atom. The molecule has 1 amide bonds. The summed E-state index contributed by atoms with van der Waals surface area (Å²) in [5.41, 5.74) is 5.13. The van der Waals surface area contributed by atoms with Gasteiger partial charge in [0.1, 0.15) is 5.54 Å². The molecule has 2 atom stereocenters. The minimum absolute atomic E-state index is 0.115. The second-order valence-electron chi connectivity index (χ2n) is 5.91. The minimum atomic E-state index is -0.535. The topological polar surface area (TPSA) is 64.3 Å². The molecule has 0 aromatic carbocycles. The van der Waals surface area contributed by atoms with E-state index in [0.29, 0.717) is 25.5 Å². The number of hydrogen-bond acceptors (Lipinski definition) is 3. The van der Waals surface area contributed by atoms with Crippen LogP contribution in [0, 0.1) is 0 Å². The minimum Gasteiger partial charge on any atom is -0.378 e. The van der Waals surface area contributed by atoms with Crippen LogP contribution in [0.1, 0.15) is 58.3 Å². The van der Waals surface area contributed by atoms with Crippen LogP contribution in [0.4, 0.5) is 0 Å². The fourth-order valence-corrected chi connectivity index (χ4v) is 3.33. The molecule has 1 saturated heterocycles. The molecule has 0 aromatic heterocycles. The standard InChI is InChI=1S/C14H26N2O2/c1-11-10-14(13(15)17,8-9-18-11)16-12-6-4-2-3-5-7-12/h11-12,16H,2-10H2,1H3,(H2,15,17). The van der Waals surface area contributed by atoms with Crippen molar-refractivity contribution in [1.29, 1.82) is 0 Å². The molecule has 1 aliphatic heterocycles. The summed E-state index contributed by atoms with van der Waals surface area (Å²) in [6.45, 7) is 2.65. The van der Waals surface area contributed by atoms with Crippen molar-refractivity contribution >= 4 is 5.91 Å². The first-order valence-corrected chi connectivity index (χ1v) is 7.32. The van der Waals surface area contributed by atoms with Gasteiger partial charge >= 0.3 is 0 Å². The molecule has 104 valence electrons. The quantitative estimate of drug-likeness (QED) is 0.754. The molecular weight excluding hydrogens is 228 g/mol. The van der Waals surface area contributed by atoms with Crippen LogP contribution in [0.5, 0.6) is 0 Å². The van der Waals surface area contributed by atoms with E-state index < -0.39 is 5.54 Å². The van der Waals surface area contributed by atoms with Gasteiger partial charge in [-0.15, -0.1) is 0 Å². The summed E-state index contributed by atoms with van der Waals surface area (Å²) in [6.07, 6.45) is 9.04. The lowest BCUT2D eigenvalue weighted by atomic mass is 9.84. The second kappa shape index (κ2) is 6.02. The van der Waals surface area contributed by atoms with Gasteiger partial charge in [-0.05, 0) is 26.2 Å². The summed E-state index contributed by atoms with van der Waals surface area (Å²) in [5.74, 6) is -0.207. The van der Waals surface area contributed by atoms with Gasteiger partial charge in [0.25, 0.3) is 0 Å². The summed E-state index contributed by atoms with van der Waals surface area (Å²) in [6, 6.07) is 0.449. The number of nitrogens with two attached hydrogens (primary N) is 1. The van der Waals surface area contributed by atoms with E-state index in [1.54, 1.807) is 0 Å². The molecule has 1 heterocycles. The van der Waals surface area contributed by atoms with Crippen LogP contribution < -0.4 is 11.1 Å². The van der Waals surface area contributed by atoms with Crippen molar-refractivity contribution in [2.24, 2.45) is 5.73 Å². The number of amides is 1. The smallest absolute Gasteiger partial charge is 0.237 e. The van der Waals surface area contributed by atoms with E-state index in [1.807, 2.05) is 6.92 Å². The number of carbonyl (C=O) groups excluding carboxylic acids is 1. The van der Waals surface area contributed by atoms with E-state index in [9.17, 15) is 4.79 Å². The van der Waals surface area contributed by atoms with E-state index in [0.717, 1.165) is 0 Å². The number of hydrogen-bond donors (Lipinski definition) is 2. The Kier molecular flexibility index (Phi) is 4.62. The van der Waals surface area contributed by atoms with Crippen LogP contribution in [0.2, 0.25) is 0 Å². The van der Waals surface area contributed by atoms with Gasteiger partial charge in [-0.2, -0.15) is 0 Å². The highest BCUT2D eigenvalue weighted by Gasteiger charge is 2.42. The van der Waals surface area contributed by atoms with Crippen molar-refractivity contribution in [2.45, 2.75) is 76.0 Å².